The first kappa shape index (κ1) is 25.9. The maximum Gasteiger partial charge on any atom is 0.248 e. The van der Waals surface area contributed by atoms with Gasteiger partial charge >= 0.3 is 0 Å². The number of fused-ring (bicyclic) bond motifs is 3. The van der Waals surface area contributed by atoms with Gasteiger partial charge in [-0.1, -0.05) is 17.7 Å². The third-order valence-electron chi connectivity index (χ3n) is 7.11. The Bertz CT molecular complexity index is 1390. The van der Waals surface area contributed by atoms with Gasteiger partial charge in [0, 0.05) is 49.3 Å². The summed E-state index contributed by atoms with van der Waals surface area (Å²) in [5.74, 6) is 0.201. The third-order valence-corrected chi connectivity index (χ3v) is 7.40. The van der Waals surface area contributed by atoms with Crippen LogP contribution in [0.1, 0.15) is 19.3 Å². The molecule has 3 fully saturated rings. The first-order valence-corrected chi connectivity index (χ1v) is 13.5. The maximum atomic E-state index is 13.6. The molecule has 2 N–H and O–H groups in total. The van der Waals surface area contributed by atoms with Crippen molar-refractivity contribution < 1.29 is 23.4 Å². The summed E-state index contributed by atoms with van der Waals surface area (Å²) >= 11 is 5.95. The molecule has 0 radical (unpaired) electrons. The van der Waals surface area contributed by atoms with Crippen molar-refractivity contribution in [2.75, 3.05) is 43.5 Å². The number of carbonyl (C=O) groups excluding carboxylic acids is 1. The van der Waals surface area contributed by atoms with Crippen LogP contribution in [-0.4, -0.2) is 71.9 Å². The van der Waals surface area contributed by atoms with Crippen molar-refractivity contribution in [2.24, 2.45) is 0 Å². The number of nitrogens with zero attached hydrogens (tertiary/aromatic N) is 3. The predicted molar refractivity (Wildman–Crippen MR) is 146 cm³/mol. The number of aromatic nitrogens is 2. The summed E-state index contributed by atoms with van der Waals surface area (Å²) in [5.41, 5.74) is 1.67. The Hall–Kier alpha value is -3.31. The van der Waals surface area contributed by atoms with Crippen LogP contribution in [0.4, 0.5) is 21.6 Å². The zero-order valence-electron chi connectivity index (χ0n) is 21.2. The van der Waals surface area contributed by atoms with Gasteiger partial charge in [-0.2, -0.15) is 0 Å². The van der Waals surface area contributed by atoms with E-state index in [-0.39, 0.29) is 17.0 Å². The zero-order valence-corrected chi connectivity index (χ0v) is 22.0. The van der Waals surface area contributed by atoms with E-state index in [0.717, 1.165) is 32.4 Å². The zero-order chi connectivity index (χ0) is 26.8. The SMILES string of the molecule is O=C(/C=C/CN1CC2CCC(C1)O2)Nc1cc2c(Nc3ccc(F)c(Cl)c3)ncnc2cc1O[C@@H]1CCOC1. The first-order chi connectivity index (χ1) is 19.0. The minimum absolute atomic E-state index is 0.00250. The molecule has 3 aromatic rings. The van der Waals surface area contributed by atoms with Crippen LogP contribution in [0.15, 0.2) is 48.8 Å². The van der Waals surface area contributed by atoms with E-state index in [1.807, 2.05) is 6.08 Å². The molecule has 4 heterocycles. The molecule has 11 heteroatoms. The highest BCUT2D eigenvalue weighted by atomic mass is 35.5. The smallest absolute Gasteiger partial charge is 0.248 e. The van der Waals surface area contributed by atoms with E-state index in [4.69, 9.17) is 25.8 Å². The van der Waals surface area contributed by atoms with Crippen molar-refractivity contribution in [3.63, 3.8) is 0 Å². The van der Waals surface area contributed by atoms with Gasteiger partial charge in [0.1, 0.15) is 29.8 Å². The lowest BCUT2D eigenvalue weighted by molar-refractivity contribution is -0.111. The molecule has 1 amide bonds. The van der Waals surface area contributed by atoms with Crippen molar-refractivity contribution in [2.45, 2.75) is 37.6 Å². The Morgan fingerprint density at radius 1 is 1.18 bits per heavy atom. The first-order valence-electron chi connectivity index (χ1n) is 13.1. The molecule has 0 aliphatic carbocycles. The number of carbonyl (C=O) groups is 1. The van der Waals surface area contributed by atoms with Gasteiger partial charge in [0.05, 0.1) is 41.6 Å². The Kier molecular flexibility index (Phi) is 7.60. The highest BCUT2D eigenvalue weighted by Crippen LogP contribution is 2.35. The number of anilines is 3. The van der Waals surface area contributed by atoms with E-state index in [9.17, 15) is 9.18 Å². The fraction of sp³-hybridized carbons (Fsp3) is 0.393. The summed E-state index contributed by atoms with van der Waals surface area (Å²) in [7, 11) is 0. The largest absolute Gasteiger partial charge is 0.486 e. The molecule has 3 saturated heterocycles. The second kappa shape index (κ2) is 11.4. The standard InChI is InChI=1S/C28H29ClFN5O4/c29-22-10-17(3-6-23(22)30)33-28-21-11-25(26(12-24(21)31-16-32-28)39-20-7-9-37-15-20)34-27(36)2-1-8-35-13-18-4-5-19(14-35)38-18/h1-3,6,10-12,16,18-20H,4-5,7-9,13-15H2,(H,34,36)(H,31,32,33)/b2-1+/t18?,19?,20-/m1/s1. The molecule has 2 aromatic carbocycles. The average molecular weight is 554 g/mol. The van der Waals surface area contributed by atoms with Crippen molar-refractivity contribution >= 4 is 45.6 Å². The van der Waals surface area contributed by atoms with Crippen LogP contribution >= 0.6 is 11.6 Å². The van der Waals surface area contributed by atoms with Crippen molar-refractivity contribution in [3.8, 4) is 5.75 Å². The highest BCUT2D eigenvalue weighted by Gasteiger charge is 2.33. The number of hydrogen-bond acceptors (Lipinski definition) is 8. The monoisotopic (exact) mass is 553 g/mol. The minimum Gasteiger partial charge on any atom is -0.486 e. The number of likely N-dealkylation sites (tertiary alicyclic amines) is 1. The number of nitrogens with one attached hydrogen (secondary N) is 2. The Labute approximate surface area is 230 Å². The summed E-state index contributed by atoms with van der Waals surface area (Å²) in [5, 5.41) is 6.78. The van der Waals surface area contributed by atoms with Crippen LogP contribution in [0.3, 0.4) is 0 Å². The van der Waals surface area contributed by atoms with Gasteiger partial charge in [0.2, 0.25) is 5.91 Å². The van der Waals surface area contributed by atoms with E-state index < -0.39 is 5.82 Å². The van der Waals surface area contributed by atoms with E-state index >= 15 is 0 Å². The number of hydrogen-bond donors (Lipinski definition) is 2. The lowest BCUT2D eigenvalue weighted by Crippen LogP contribution is -2.42. The van der Waals surface area contributed by atoms with E-state index in [0.29, 0.717) is 65.8 Å². The summed E-state index contributed by atoms with van der Waals surface area (Å²) in [6.45, 7) is 3.58. The number of amides is 1. The van der Waals surface area contributed by atoms with Gasteiger partial charge < -0.3 is 24.8 Å². The summed E-state index contributed by atoms with van der Waals surface area (Å²) in [6, 6.07) is 7.89. The molecule has 9 nitrogen and oxygen atoms in total. The van der Waals surface area contributed by atoms with Gasteiger partial charge in [-0.3, -0.25) is 9.69 Å². The molecule has 0 saturated carbocycles. The van der Waals surface area contributed by atoms with Crippen molar-refractivity contribution in [1.29, 1.82) is 0 Å². The molecule has 3 atom stereocenters. The predicted octanol–water partition coefficient (Wildman–Crippen LogP) is 4.69. The molecule has 204 valence electrons. The lowest BCUT2D eigenvalue weighted by atomic mass is 10.1. The molecule has 0 spiro atoms. The van der Waals surface area contributed by atoms with Gasteiger partial charge in [-0.05, 0) is 37.1 Å². The number of halogens is 2. The normalized spacial score (nSPS) is 23.0. The van der Waals surface area contributed by atoms with E-state index in [1.54, 1.807) is 24.3 Å². The van der Waals surface area contributed by atoms with Crippen LogP contribution in [0.25, 0.3) is 10.9 Å². The second-order valence-corrected chi connectivity index (χ2v) is 10.4. The Morgan fingerprint density at radius 3 is 2.79 bits per heavy atom. The molecule has 1 aromatic heterocycles. The van der Waals surface area contributed by atoms with Crippen molar-refractivity contribution in [1.82, 2.24) is 14.9 Å². The number of benzene rings is 2. The maximum absolute atomic E-state index is 13.6. The number of morpholine rings is 1. The number of rotatable bonds is 8. The third kappa shape index (κ3) is 6.14. The molecular formula is C28H29ClFN5O4. The second-order valence-electron chi connectivity index (χ2n) is 10.0. The van der Waals surface area contributed by atoms with Gasteiger partial charge in [-0.15, -0.1) is 0 Å². The molecule has 3 aliphatic rings. The summed E-state index contributed by atoms with van der Waals surface area (Å²) < 4.78 is 31.2. The summed E-state index contributed by atoms with van der Waals surface area (Å²) in [4.78, 5) is 24.0. The summed E-state index contributed by atoms with van der Waals surface area (Å²) in [6.07, 6.45) is 8.31. The van der Waals surface area contributed by atoms with E-state index in [2.05, 4.69) is 25.5 Å². The fourth-order valence-corrected chi connectivity index (χ4v) is 5.39. The van der Waals surface area contributed by atoms with Crippen LogP contribution in [0.2, 0.25) is 5.02 Å². The van der Waals surface area contributed by atoms with Gasteiger partial charge in [0.25, 0.3) is 0 Å². The molecule has 39 heavy (non-hydrogen) atoms. The number of ether oxygens (including phenoxy) is 3. The quantitative estimate of drug-likeness (QED) is 0.388. The molecule has 2 bridgehead atoms. The fourth-order valence-electron chi connectivity index (χ4n) is 5.21. The Morgan fingerprint density at radius 2 is 2.03 bits per heavy atom. The molecular weight excluding hydrogens is 525 g/mol. The van der Waals surface area contributed by atoms with Crippen molar-refractivity contribution in [3.05, 3.63) is 59.7 Å². The van der Waals surface area contributed by atoms with Crippen LogP contribution in [-0.2, 0) is 14.3 Å². The highest BCUT2D eigenvalue weighted by molar-refractivity contribution is 6.31. The van der Waals surface area contributed by atoms with Crippen LogP contribution in [0.5, 0.6) is 5.75 Å². The van der Waals surface area contributed by atoms with Gasteiger partial charge in [-0.25, -0.2) is 14.4 Å². The topological polar surface area (TPSA) is 97.8 Å². The lowest BCUT2D eigenvalue weighted by Gasteiger charge is -2.31. The Balaban J connectivity index is 1.23. The van der Waals surface area contributed by atoms with Gasteiger partial charge in [0.15, 0.2) is 0 Å². The van der Waals surface area contributed by atoms with Crippen LogP contribution < -0.4 is 15.4 Å². The molecule has 3 aliphatic heterocycles. The molecule has 6 rings (SSSR count). The average Bonchev–Trinajstić information content (AvgIpc) is 3.55. The minimum atomic E-state index is -0.508. The van der Waals surface area contributed by atoms with E-state index in [1.165, 1.54) is 18.5 Å². The molecule has 2 unspecified atom stereocenters. The van der Waals surface area contributed by atoms with Crippen LogP contribution in [0, 0.1) is 5.82 Å².